The highest BCUT2D eigenvalue weighted by molar-refractivity contribution is 7.88. The third-order valence-corrected chi connectivity index (χ3v) is 6.72. The molecule has 1 aromatic carbocycles. The number of benzene rings is 1. The number of carbonyl (C=O) groups is 1. The van der Waals surface area contributed by atoms with Gasteiger partial charge in [0.05, 0.1) is 25.6 Å². The van der Waals surface area contributed by atoms with Gasteiger partial charge >= 0.3 is 5.97 Å². The molecule has 0 bridgehead atoms. The first-order valence-electron chi connectivity index (χ1n) is 9.17. The van der Waals surface area contributed by atoms with E-state index in [4.69, 9.17) is 9.47 Å². The van der Waals surface area contributed by atoms with Gasteiger partial charge in [-0.05, 0) is 43.6 Å². The van der Waals surface area contributed by atoms with Crippen molar-refractivity contribution in [2.45, 2.75) is 38.3 Å². The van der Waals surface area contributed by atoms with Crippen molar-refractivity contribution in [1.82, 2.24) is 4.31 Å². The number of sulfonamides is 1. The molecule has 1 aliphatic heterocycles. The molecular formula is C19H27NO5S. The molecule has 4 atom stereocenters. The number of nitrogens with zero attached hydrogens (tertiary/aromatic N) is 1. The van der Waals surface area contributed by atoms with Gasteiger partial charge in [0, 0.05) is 6.04 Å². The zero-order valence-electron chi connectivity index (χ0n) is 15.3. The molecule has 6 nitrogen and oxygen atoms in total. The number of ether oxygens (including phenoxy) is 2. The molecule has 1 aliphatic carbocycles. The van der Waals surface area contributed by atoms with Crippen LogP contribution >= 0.6 is 0 Å². The maximum absolute atomic E-state index is 12.2. The molecule has 1 aromatic rings. The molecule has 1 heterocycles. The summed E-state index contributed by atoms with van der Waals surface area (Å²) in [6, 6.07) is 9.98. The summed E-state index contributed by atoms with van der Waals surface area (Å²) >= 11 is 0. The Morgan fingerprint density at radius 1 is 1.19 bits per heavy atom. The van der Waals surface area contributed by atoms with E-state index in [9.17, 15) is 13.2 Å². The number of hydrogen-bond acceptors (Lipinski definition) is 5. The second kappa shape index (κ2) is 8.06. The number of hydrogen-bond donors (Lipinski definition) is 0. The molecule has 2 aliphatic rings. The molecule has 1 saturated carbocycles. The Kier molecular flexibility index (Phi) is 5.99. The summed E-state index contributed by atoms with van der Waals surface area (Å²) in [5, 5.41) is 0. The fraction of sp³-hybridized carbons (Fsp3) is 0.632. The lowest BCUT2D eigenvalue weighted by Crippen LogP contribution is -2.42. The van der Waals surface area contributed by atoms with Gasteiger partial charge in [-0.25, -0.2) is 8.42 Å². The normalized spacial score (nSPS) is 28.7. The van der Waals surface area contributed by atoms with Gasteiger partial charge in [0.15, 0.2) is 0 Å². The third kappa shape index (κ3) is 4.45. The minimum absolute atomic E-state index is 0.0629. The van der Waals surface area contributed by atoms with Crippen LogP contribution in [0.2, 0.25) is 0 Å². The van der Waals surface area contributed by atoms with Crippen molar-refractivity contribution < 1.29 is 22.7 Å². The molecule has 26 heavy (non-hydrogen) atoms. The van der Waals surface area contributed by atoms with Crippen LogP contribution in [0, 0.1) is 11.8 Å². The molecule has 0 amide bonds. The van der Waals surface area contributed by atoms with Gasteiger partial charge in [0.1, 0.15) is 6.54 Å². The van der Waals surface area contributed by atoms with Gasteiger partial charge in [0.2, 0.25) is 10.0 Å². The van der Waals surface area contributed by atoms with E-state index in [0.29, 0.717) is 18.4 Å². The molecule has 0 aromatic heterocycles. The lowest BCUT2D eigenvalue weighted by molar-refractivity contribution is -0.143. The standard InChI is InChI=1S/C19H27NO5S/c1-3-24-19(21)12-20(26(2,22)23)17-9-15-11-18(25-13-16(15)10-17)14-7-5-4-6-8-14/h4-8,15-18H,3,9-13H2,1-2H3/t15-,16+,17-,18-/m0/s1. The van der Waals surface area contributed by atoms with Crippen molar-refractivity contribution in [2.24, 2.45) is 11.8 Å². The molecule has 0 radical (unpaired) electrons. The zero-order valence-corrected chi connectivity index (χ0v) is 16.2. The number of rotatable bonds is 6. The topological polar surface area (TPSA) is 72.9 Å². The van der Waals surface area contributed by atoms with Crippen molar-refractivity contribution in [3.05, 3.63) is 35.9 Å². The average molecular weight is 381 g/mol. The van der Waals surface area contributed by atoms with Crippen LogP contribution in [0.5, 0.6) is 0 Å². The smallest absolute Gasteiger partial charge is 0.321 e. The first-order chi connectivity index (χ1) is 12.4. The average Bonchev–Trinajstić information content (AvgIpc) is 3.02. The predicted molar refractivity (Wildman–Crippen MR) is 97.9 cm³/mol. The van der Waals surface area contributed by atoms with Gasteiger partial charge in [-0.15, -0.1) is 0 Å². The summed E-state index contributed by atoms with van der Waals surface area (Å²) in [4.78, 5) is 11.9. The second-order valence-electron chi connectivity index (χ2n) is 7.23. The fourth-order valence-electron chi connectivity index (χ4n) is 4.24. The maximum Gasteiger partial charge on any atom is 0.321 e. The number of fused-ring (bicyclic) bond motifs is 1. The predicted octanol–water partition coefficient (Wildman–Crippen LogP) is 2.37. The van der Waals surface area contributed by atoms with Gasteiger partial charge in [0.25, 0.3) is 0 Å². The van der Waals surface area contributed by atoms with Crippen molar-refractivity contribution in [3.8, 4) is 0 Å². The number of carbonyl (C=O) groups excluding carboxylic acids is 1. The van der Waals surface area contributed by atoms with Crippen LogP contribution in [0.15, 0.2) is 30.3 Å². The van der Waals surface area contributed by atoms with Gasteiger partial charge in [-0.1, -0.05) is 30.3 Å². The Hall–Kier alpha value is -1.44. The van der Waals surface area contributed by atoms with E-state index < -0.39 is 16.0 Å². The Bertz CT molecular complexity index is 721. The largest absolute Gasteiger partial charge is 0.465 e. The van der Waals surface area contributed by atoms with E-state index in [2.05, 4.69) is 12.1 Å². The summed E-state index contributed by atoms with van der Waals surface area (Å²) in [6.07, 6.45) is 3.62. The van der Waals surface area contributed by atoms with Gasteiger partial charge in [-0.2, -0.15) is 4.31 Å². The van der Waals surface area contributed by atoms with E-state index >= 15 is 0 Å². The van der Waals surface area contributed by atoms with E-state index in [0.717, 1.165) is 25.5 Å². The van der Waals surface area contributed by atoms with Crippen LogP contribution in [-0.4, -0.2) is 50.7 Å². The monoisotopic (exact) mass is 381 g/mol. The highest BCUT2D eigenvalue weighted by atomic mass is 32.2. The first-order valence-corrected chi connectivity index (χ1v) is 11.0. The van der Waals surface area contributed by atoms with E-state index in [-0.39, 0.29) is 25.3 Å². The molecule has 0 spiro atoms. The minimum Gasteiger partial charge on any atom is -0.465 e. The van der Waals surface area contributed by atoms with Crippen molar-refractivity contribution in [3.63, 3.8) is 0 Å². The van der Waals surface area contributed by atoms with Crippen LogP contribution in [0.25, 0.3) is 0 Å². The Morgan fingerprint density at radius 3 is 2.54 bits per heavy atom. The van der Waals surface area contributed by atoms with Crippen molar-refractivity contribution in [1.29, 1.82) is 0 Å². The van der Waals surface area contributed by atoms with Crippen LogP contribution in [0.1, 0.15) is 37.9 Å². The van der Waals surface area contributed by atoms with Gasteiger partial charge in [-0.3, -0.25) is 4.79 Å². The summed E-state index contributed by atoms with van der Waals surface area (Å²) < 4.78 is 36.8. The summed E-state index contributed by atoms with van der Waals surface area (Å²) in [5.74, 6) is 0.253. The Labute approximate surface area is 155 Å². The fourth-order valence-corrected chi connectivity index (χ4v) is 5.30. The Morgan fingerprint density at radius 2 is 1.88 bits per heavy atom. The first kappa shape index (κ1) is 19.3. The quantitative estimate of drug-likeness (QED) is 0.708. The molecule has 0 unspecified atom stereocenters. The van der Waals surface area contributed by atoms with E-state index in [1.165, 1.54) is 9.87 Å². The van der Waals surface area contributed by atoms with Gasteiger partial charge < -0.3 is 9.47 Å². The molecular weight excluding hydrogens is 354 g/mol. The van der Waals surface area contributed by atoms with E-state index in [1.54, 1.807) is 6.92 Å². The lowest BCUT2D eigenvalue weighted by Gasteiger charge is -2.32. The lowest BCUT2D eigenvalue weighted by atomic mass is 9.86. The van der Waals surface area contributed by atoms with E-state index in [1.807, 2.05) is 18.2 Å². The summed E-state index contributed by atoms with van der Waals surface area (Å²) in [7, 11) is -3.48. The molecule has 1 saturated heterocycles. The molecule has 144 valence electrons. The Balaban J connectivity index is 1.68. The van der Waals surface area contributed by atoms with Crippen LogP contribution < -0.4 is 0 Å². The second-order valence-corrected chi connectivity index (χ2v) is 9.16. The summed E-state index contributed by atoms with van der Waals surface area (Å²) in [5.41, 5.74) is 1.17. The SMILES string of the molecule is CCOC(=O)CN([C@@H]1C[C@@H]2CO[C@H](c3ccccc3)C[C@@H]2C1)S(C)(=O)=O. The highest BCUT2D eigenvalue weighted by Gasteiger charge is 2.44. The molecule has 0 N–H and O–H groups in total. The summed E-state index contributed by atoms with van der Waals surface area (Å²) in [6.45, 7) is 2.39. The van der Waals surface area contributed by atoms with Crippen LogP contribution in [0.4, 0.5) is 0 Å². The zero-order chi connectivity index (χ0) is 18.7. The maximum atomic E-state index is 12.2. The minimum atomic E-state index is -3.48. The third-order valence-electron chi connectivity index (χ3n) is 5.44. The van der Waals surface area contributed by atoms with Crippen LogP contribution in [-0.2, 0) is 24.3 Å². The number of esters is 1. The van der Waals surface area contributed by atoms with Crippen molar-refractivity contribution >= 4 is 16.0 Å². The van der Waals surface area contributed by atoms with Crippen LogP contribution in [0.3, 0.4) is 0 Å². The molecule has 7 heteroatoms. The van der Waals surface area contributed by atoms with Crippen molar-refractivity contribution in [2.75, 3.05) is 26.0 Å². The highest BCUT2D eigenvalue weighted by Crippen LogP contribution is 2.45. The molecule has 2 fully saturated rings. The molecule has 3 rings (SSSR count).